The van der Waals surface area contributed by atoms with E-state index in [-0.39, 0.29) is 17.3 Å². The molecule has 2 aromatic carbocycles. The van der Waals surface area contributed by atoms with Crippen LogP contribution in [-0.4, -0.2) is 81.9 Å². The maximum absolute atomic E-state index is 13.1. The molecule has 0 saturated carbocycles. The summed E-state index contributed by atoms with van der Waals surface area (Å²) in [6.07, 6.45) is 1.69. The van der Waals surface area contributed by atoms with Gasteiger partial charge in [-0.15, -0.1) is 0 Å². The van der Waals surface area contributed by atoms with Crippen molar-refractivity contribution in [3.8, 4) is 5.75 Å². The largest absolute Gasteiger partial charge is 0.497 e. The highest BCUT2D eigenvalue weighted by molar-refractivity contribution is 7.89. The maximum atomic E-state index is 13.1. The van der Waals surface area contributed by atoms with E-state index in [1.165, 1.54) is 29.0 Å². The van der Waals surface area contributed by atoms with Gasteiger partial charge >= 0.3 is 0 Å². The fraction of sp³-hybridized carbons (Fsp3) is 0.458. The van der Waals surface area contributed by atoms with Crippen LogP contribution >= 0.6 is 0 Å². The standard InChI is InChI=1S/C24H32FN3O4S/c1-26(33(30,31)23-11-7-21(25)8-12-23)14-3-4-24(29)28-18-16-27(17-19-28)15-13-20-5-9-22(32-2)10-6-20/h5-12H,3-4,13-19H2,1-2H3. The van der Waals surface area contributed by atoms with Gasteiger partial charge in [-0.3, -0.25) is 9.69 Å². The van der Waals surface area contributed by atoms with E-state index in [1.54, 1.807) is 7.11 Å². The monoisotopic (exact) mass is 477 g/mol. The zero-order valence-electron chi connectivity index (χ0n) is 19.2. The van der Waals surface area contributed by atoms with Crippen LogP contribution < -0.4 is 4.74 Å². The molecule has 1 aliphatic rings. The number of piperazine rings is 1. The first-order valence-electron chi connectivity index (χ1n) is 11.1. The number of methoxy groups -OCH3 is 1. The second-order valence-corrected chi connectivity index (χ2v) is 10.2. The number of sulfonamides is 1. The van der Waals surface area contributed by atoms with Gasteiger partial charge in [-0.2, -0.15) is 0 Å². The van der Waals surface area contributed by atoms with Gasteiger partial charge in [0.2, 0.25) is 15.9 Å². The van der Waals surface area contributed by atoms with Gasteiger partial charge in [0.15, 0.2) is 0 Å². The molecule has 1 saturated heterocycles. The first kappa shape index (κ1) is 25.1. The zero-order valence-corrected chi connectivity index (χ0v) is 20.1. The van der Waals surface area contributed by atoms with Crippen molar-refractivity contribution in [3.05, 3.63) is 59.9 Å². The lowest BCUT2D eigenvalue weighted by atomic mass is 10.1. The van der Waals surface area contributed by atoms with Gasteiger partial charge in [-0.1, -0.05) is 12.1 Å². The fourth-order valence-corrected chi connectivity index (χ4v) is 5.03. The molecular weight excluding hydrogens is 445 g/mol. The van der Waals surface area contributed by atoms with Crippen molar-refractivity contribution in [2.75, 3.05) is 53.4 Å². The maximum Gasteiger partial charge on any atom is 0.242 e. The number of nitrogens with zero attached hydrogens (tertiary/aromatic N) is 3. The van der Waals surface area contributed by atoms with Crippen molar-refractivity contribution in [1.29, 1.82) is 0 Å². The van der Waals surface area contributed by atoms with E-state index in [0.29, 0.717) is 25.9 Å². The predicted octanol–water partition coefficient (Wildman–Crippen LogP) is 2.62. The number of amides is 1. The van der Waals surface area contributed by atoms with Crippen LogP contribution in [0.25, 0.3) is 0 Å². The fourth-order valence-electron chi connectivity index (χ4n) is 3.82. The van der Waals surface area contributed by atoms with E-state index in [4.69, 9.17) is 4.74 Å². The molecule has 7 nitrogen and oxygen atoms in total. The molecule has 1 heterocycles. The molecule has 0 atom stereocenters. The first-order valence-corrected chi connectivity index (χ1v) is 12.6. The Kier molecular flexibility index (Phi) is 8.82. The number of carbonyl (C=O) groups is 1. The SMILES string of the molecule is COc1ccc(CCN2CCN(C(=O)CCCN(C)S(=O)(=O)c3ccc(F)cc3)CC2)cc1. The van der Waals surface area contributed by atoms with Crippen molar-refractivity contribution < 1.29 is 22.3 Å². The lowest BCUT2D eigenvalue weighted by Gasteiger charge is -2.35. The van der Waals surface area contributed by atoms with Gasteiger partial charge in [0.25, 0.3) is 0 Å². The summed E-state index contributed by atoms with van der Waals surface area (Å²) in [6.45, 7) is 4.21. The Morgan fingerprint density at radius 3 is 2.27 bits per heavy atom. The van der Waals surface area contributed by atoms with Crippen LogP contribution in [-0.2, 0) is 21.2 Å². The van der Waals surface area contributed by atoms with Gasteiger partial charge in [0, 0.05) is 52.7 Å². The van der Waals surface area contributed by atoms with E-state index >= 15 is 0 Å². The summed E-state index contributed by atoms with van der Waals surface area (Å²) < 4.78 is 44.6. The molecule has 0 aromatic heterocycles. The van der Waals surface area contributed by atoms with Crippen LogP contribution in [0.5, 0.6) is 5.75 Å². The molecule has 1 fully saturated rings. The van der Waals surface area contributed by atoms with Crippen LogP contribution in [0, 0.1) is 5.82 Å². The van der Waals surface area contributed by atoms with Gasteiger partial charge in [-0.05, 0) is 54.8 Å². The van der Waals surface area contributed by atoms with Gasteiger partial charge in [0.05, 0.1) is 12.0 Å². The highest BCUT2D eigenvalue weighted by atomic mass is 32.2. The van der Waals surface area contributed by atoms with Crippen LogP contribution in [0.2, 0.25) is 0 Å². The molecule has 2 aromatic rings. The first-order chi connectivity index (χ1) is 15.8. The zero-order chi connectivity index (χ0) is 23.8. The summed E-state index contributed by atoms with van der Waals surface area (Å²) in [4.78, 5) is 16.8. The van der Waals surface area contributed by atoms with Crippen molar-refractivity contribution in [1.82, 2.24) is 14.1 Å². The Morgan fingerprint density at radius 2 is 1.67 bits per heavy atom. The molecule has 1 aliphatic heterocycles. The molecule has 0 radical (unpaired) electrons. The third-order valence-corrected chi connectivity index (χ3v) is 7.86. The number of ether oxygens (including phenoxy) is 1. The summed E-state index contributed by atoms with van der Waals surface area (Å²) in [5.41, 5.74) is 1.26. The molecule has 1 amide bonds. The minimum atomic E-state index is -3.69. The summed E-state index contributed by atoms with van der Waals surface area (Å²) in [5.74, 6) is 0.422. The summed E-state index contributed by atoms with van der Waals surface area (Å²) in [5, 5.41) is 0. The summed E-state index contributed by atoms with van der Waals surface area (Å²) in [6, 6.07) is 12.8. The van der Waals surface area contributed by atoms with Crippen LogP contribution in [0.15, 0.2) is 53.4 Å². The third kappa shape index (κ3) is 6.99. The van der Waals surface area contributed by atoms with Crippen molar-refractivity contribution in [2.45, 2.75) is 24.2 Å². The molecule has 0 spiro atoms. The molecule has 0 unspecified atom stereocenters. The average molecular weight is 478 g/mol. The molecule has 3 rings (SSSR count). The smallest absolute Gasteiger partial charge is 0.242 e. The Hall–Kier alpha value is -2.49. The molecule has 180 valence electrons. The highest BCUT2D eigenvalue weighted by Crippen LogP contribution is 2.16. The van der Waals surface area contributed by atoms with Crippen LogP contribution in [0.1, 0.15) is 18.4 Å². The summed E-state index contributed by atoms with van der Waals surface area (Å²) in [7, 11) is -0.557. The molecule has 0 aliphatic carbocycles. The Balaban J connectivity index is 1.37. The third-order valence-electron chi connectivity index (χ3n) is 5.99. The topological polar surface area (TPSA) is 70.2 Å². The Morgan fingerprint density at radius 1 is 1.03 bits per heavy atom. The second-order valence-electron chi connectivity index (χ2n) is 8.20. The van der Waals surface area contributed by atoms with Gasteiger partial charge < -0.3 is 9.64 Å². The minimum absolute atomic E-state index is 0.0449. The van der Waals surface area contributed by atoms with E-state index in [0.717, 1.165) is 43.9 Å². The molecule has 0 N–H and O–H groups in total. The quantitative estimate of drug-likeness (QED) is 0.526. The van der Waals surface area contributed by atoms with Crippen LogP contribution in [0.4, 0.5) is 4.39 Å². The summed E-state index contributed by atoms with van der Waals surface area (Å²) >= 11 is 0. The van der Waals surface area contributed by atoms with E-state index in [2.05, 4.69) is 17.0 Å². The minimum Gasteiger partial charge on any atom is -0.497 e. The lowest BCUT2D eigenvalue weighted by molar-refractivity contribution is -0.133. The Bertz CT molecular complexity index is 1010. The number of carbonyl (C=O) groups excluding carboxylic acids is 1. The second kappa shape index (κ2) is 11.6. The number of rotatable bonds is 10. The normalized spacial score (nSPS) is 15.1. The van der Waals surface area contributed by atoms with Crippen molar-refractivity contribution in [3.63, 3.8) is 0 Å². The van der Waals surface area contributed by atoms with Crippen LogP contribution in [0.3, 0.4) is 0 Å². The molecule has 33 heavy (non-hydrogen) atoms. The van der Waals surface area contributed by atoms with Crippen molar-refractivity contribution in [2.24, 2.45) is 0 Å². The van der Waals surface area contributed by atoms with Gasteiger partial charge in [-0.25, -0.2) is 17.1 Å². The highest BCUT2D eigenvalue weighted by Gasteiger charge is 2.23. The van der Waals surface area contributed by atoms with Gasteiger partial charge in [0.1, 0.15) is 11.6 Å². The van der Waals surface area contributed by atoms with Crippen molar-refractivity contribution >= 4 is 15.9 Å². The molecule has 9 heteroatoms. The number of benzene rings is 2. The number of halogens is 1. The van der Waals surface area contributed by atoms with E-state index in [9.17, 15) is 17.6 Å². The van der Waals surface area contributed by atoms with E-state index < -0.39 is 15.8 Å². The predicted molar refractivity (Wildman–Crippen MR) is 125 cm³/mol. The Labute approximate surface area is 195 Å². The van der Waals surface area contributed by atoms with E-state index in [1.807, 2.05) is 17.0 Å². The number of hydrogen-bond donors (Lipinski definition) is 0. The lowest BCUT2D eigenvalue weighted by Crippen LogP contribution is -2.49. The molecule has 0 bridgehead atoms. The molecular formula is C24H32FN3O4S. The average Bonchev–Trinajstić information content (AvgIpc) is 2.83. The number of hydrogen-bond acceptors (Lipinski definition) is 5.